The van der Waals surface area contributed by atoms with Crippen LogP contribution in [-0.2, 0) is 11.4 Å². The summed E-state index contributed by atoms with van der Waals surface area (Å²) in [5.41, 5.74) is 1.66. The number of aliphatic hydroxyl groups is 1. The van der Waals surface area contributed by atoms with Gasteiger partial charge in [-0.05, 0) is 31.9 Å². The number of hydrogen-bond acceptors (Lipinski definition) is 3. The van der Waals surface area contributed by atoms with E-state index in [2.05, 4.69) is 38.2 Å². The maximum absolute atomic E-state index is 10.8. The van der Waals surface area contributed by atoms with Gasteiger partial charge < -0.3 is 10.4 Å². The molecule has 0 radical (unpaired) electrons. The molecule has 0 fully saturated rings. The summed E-state index contributed by atoms with van der Waals surface area (Å²) in [6.45, 7) is 6.98. The van der Waals surface area contributed by atoms with Gasteiger partial charge in [-0.3, -0.25) is 0 Å². The van der Waals surface area contributed by atoms with Crippen molar-refractivity contribution in [1.82, 2.24) is 5.32 Å². The van der Waals surface area contributed by atoms with E-state index in [1.54, 1.807) is 11.8 Å². The van der Waals surface area contributed by atoms with Gasteiger partial charge in [0.15, 0.2) is 0 Å². The third-order valence-electron chi connectivity index (χ3n) is 3.03. The summed E-state index contributed by atoms with van der Waals surface area (Å²) in [5.74, 6) is 1.78. The van der Waals surface area contributed by atoms with Crippen molar-refractivity contribution in [1.29, 1.82) is 0 Å². The Morgan fingerprint density at radius 1 is 1.35 bits per heavy atom. The summed E-state index contributed by atoms with van der Waals surface area (Å²) in [5, 5.41) is 14.2. The molecule has 1 aliphatic rings. The summed E-state index contributed by atoms with van der Waals surface area (Å²) in [4.78, 5) is 0. The van der Waals surface area contributed by atoms with E-state index in [-0.39, 0.29) is 5.54 Å². The third-order valence-corrected chi connectivity index (χ3v) is 4.23. The number of nitrogens with one attached hydrogen (secondary N) is 1. The fraction of sp³-hybridized carbons (Fsp3) is 0.571. The lowest BCUT2D eigenvalue weighted by Crippen LogP contribution is -2.48. The van der Waals surface area contributed by atoms with Crippen molar-refractivity contribution >= 4 is 11.8 Å². The number of benzene rings is 1. The highest BCUT2D eigenvalue weighted by molar-refractivity contribution is 7.98. The van der Waals surface area contributed by atoms with E-state index in [1.807, 2.05) is 12.1 Å². The van der Waals surface area contributed by atoms with Gasteiger partial charge in [0.2, 0.25) is 0 Å². The Morgan fingerprint density at radius 3 is 2.76 bits per heavy atom. The Bertz CT molecular complexity index is 399. The van der Waals surface area contributed by atoms with Crippen LogP contribution in [0, 0.1) is 0 Å². The largest absolute Gasteiger partial charge is 0.383 e. The van der Waals surface area contributed by atoms with E-state index >= 15 is 0 Å². The molecule has 1 unspecified atom stereocenters. The second kappa shape index (κ2) is 4.63. The quantitative estimate of drug-likeness (QED) is 0.847. The smallest absolute Gasteiger partial charge is 0.111 e. The molecule has 0 spiro atoms. The van der Waals surface area contributed by atoms with Gasteiger partial charge in [-0.1, -0.05) is 24.3 Å². The van der Waals surface area contributed by atoms with Gasteiger partial charge in [0, 0.05) is 23.6 Å². The molecule has 1 heterocycles. The van der Waals surface area contributed by atoms with Crippen LogP contribution in [-0.4, -0.2) is 22.9 Å². The van der Waals surface area contributed by atoms with E-state index < -0.39 is 5.60 Å². The van der Waals surface area contributed by atoms with Gasteiger partial charge in [-0.15, -0.1) is 0 Å². The maximum Gasteiger partial charge on any atom is 0.111 e. The highest BCUT2D eigenvalue weighted by Gasteiger charge is 2.35. The zero-order valence-electron chi connectivity index (χ0n) is 10.8. The van der Waals surface area contributed by atoms with Crippen molar-refractivity contribution in [2.75, 3.05) is 12.3 Å². The van der Waals surface area contributed by atoms with Crippen molar-refractivity contribution in [3.05, 3.63) is 35.4 Å². The number of thioether (sulfide) groups is 1. The van der Waals surface area contributed by atoms with Crippen LogP contribution in [0.15, 0.2) is 24.3 Å². The van der Waals surface area contributed by atoms with Gasteiger partial charge in [0.05, 0.1) is 0 Å². The van der Waals surface area contributed by atoms with Crippen LogP contribution in [0.3, 0.4) is 0 Å². The summed E-state index contributed by atoms with van der Waals surface area (Å²) >= 11 is 1.81. The first-order chi connectivity index (χ1) is 7.91. The number of β-amino-alcohol motifs (C(OH)–C–C–N with tert-alkyl or cyclic N) is 1. The summed E-state index contributed by atoms with van der Waals surface area (Å²) in [6.07, 6.45) is 0. The number of fused-ring (bicyclic) bond motifs is 1. The lowest BCUT2D eigenvalue weighted by molar-refractivity contribution is 0.0533. The predicted octanol–water partition coefficient (Wildman–Crippen LogP) is 2.51. The zero-order valence-corrected chi connectivity index (χ0v) is 11.6. The fourth-order valence-electron chi connectivity index (χ4n) is 2.07. The average molecular weight is 251 g/mol. The van der Waals surface area contributed by atoms with E-state index in [4.69, 9.17) is 0 Å². The topological polar surface area (TPSA) is 32.3 Å². The Labute approximate surface area is 108 Å². The van der Waals surface area contributed by atoms with Crippen molar-refractivity contribution in [2.24, 2.45) is 0 Å². The van der Waals surface area contributed by atoms with Crippen LogP contribution in [0.5, 0.6) is 0 Å². The minimum absolute atomic E-state index is 0.0345. The Kier molecular flexibility index (Phi) is 3.53. The molecule has 0 saturated carbocycles. The van der Waals surface area contributed by atoms with Gasteiger partial charge in [0.25, 0.3) is 0 Å². The first kappa shape index (κ1) is 12.9. The molecular weight excluding hydrogens is 230 g/mol. The Balaban J connectivity index is 2.21. The van der Waals surface area contributed by atoms with E-state index in [0.29, 0.717) is 6.54 Å². The van der Waals surface area contributed by atoms with Gasteiger partial charge in [0.1, 0.15) is 5.60 Å². The van der Waals surface area contributed by atoms with E-state index in [9.17, 15) is 5.11 Å². The minimum Gasteiger partial charge on any atom is -0.383 e. The van der Waals surface area contributed by atoms with Crippen LogP contribution in [0.25, 0.3) is 0 Å². The normalized spacial score (nSPS) is 24.5. The molecule has 1 atom stereocenters. The van der Waals surface area contributed by atoms with E-state index in [1.165, 1.54) is 5.56 Å². The van der Waals surface area contributed by atoms with Crippen molar-refractivity contribution in [2.45, 2.75) is 37.7 Å². The van der Waals surface area contributed by atoms with Crippen molar-refractivity contribution < 1.29 is 5.11 Å². The monoisotopic (exact) mass is 251 g/mol. The molecule has 0 aromatic heterocycles. The molecule has 2 nitrogen and oxygen atoms in total. The maximum atomic E-state index is 10.8. The van der Waals surface area contributed by atoms with Gasteiger partial charge in [-0.2, -0.15) is 11.8 Å². The predicted molar refractivity (Wildman–Crippen MR) is 74.3 cm³/mol. The summed E-state index contributed by atoms with van der Waals surface area (Å²) < 4.78 is 0. The average Bonchev–Trinajstić information content (AvgIpc) is 2.27. The number of rotatable bonds is 2. The molecule has 17 heavy (non-hydrogen) atoms. The molecule has 94 valence electrons. The summed E-state index contributed by atoms with van der Waals surface area (Å²) in [7, 11) is 0. The minimum atomic E-state index is -0.729. The van der Waals surface area contributed by atoms with E-state index in [0.717, 1.165) is 17.1 Å². The van der Waals surface area contributed by atoms with Gasteiger partial charge >= 0.3 is 0 Å². The first-order valence-corrected chi connectivity index (χ1v) is 7.20. The molecule has 0 amide bonds. The number of hydrogen-bond donors (Lipinski definition) is 2. The van der Waals surface area contributed by atoms with Crippen molar-refractivity contribution in [3.8, 4) is 0 Å². The van der Waals surface area contributed by atoms with Crippen LogP contribution in [0.1, 0.15) is 31.9 Å². The lowest BCUT2D eigenvalue weighted by Gasteiger charge is -2.36. The standard InChI is InChI=1S/C14H21NOS/c1-13(2,3)15-9-14(16)10-17-8-11-6-4-5-7-12(11)14/h4-7,15-16H,8-10H2,1-3H3. The lowest BCUT2D eigenvalue weighted by atomic mass is 9.90. The second-order valence-corrected chi connectivity index (χ2v) is 6.77. The molecule has 3 heteroatoms. The molecule has 1 aliphatic heterocycles. The first-order valence-electron chi connectivity index (χ1n) is 6.04. The van der Waals surface area contributed by atoms with Gasteiger partial charge in [-0.25, -0.2) is 0 Å². The van der Waals surface area contributed by atoms with Crippen molar-refractivity contribution in [3.63, 3.8) is 0 Å². The molecule has 1 aromatic rings. The molecule has 0 aliphatic carbocycles. The fourth-order valence-corrected chi connectivity index (χ4v) is 3.23. The zero-order chi connectivity index (χ0) is 12.5. The molecule has 0 saturated heterocycles. The Morgan fingerprint density at radius 2 is 2.06 bits per heavy atom. The van der Waals surface area contributed by atoms with Crippen LogP contribution < -0.4 is 5.32 Å². The SMILES string of the molecule is CC(C)(C)NCC1(O)CSCc2ccccc21. The van der Waals surface area contributed by atoms with Crippen LogP contribution in [0.2, 0.25) is 0 Å². The second-order valence-electron chi connectivity index (χ2n) is 5.79. The molecule has 2 rings (SSSR count). The molecule has 2 N–H and O–H groups in total. The Hall–Kier alpha value is -0.510. The highest BCUT2D eigenvalue weighted by atomic mass is 32.2. The molecule has 1 aromatic carbocycles. The highest BCUT2D eigenvalue weighted by Crippen LogP contribution is 2.36. The molecular formula is C14H21NOS. The van der Waals surface area contributed by atoms with Crippen LogP contribution >= 0.6 is 11.8 Å². The summed E-state index contributed by atoms with van der Waals surface area (Å²) in [6, 6.07) is 8.22. The molecule has 0 bridgehead atoms. The van der Waals surface area contributed by atoms with Crippen LogP contribution in [0.4, 0.5) is 0 Å². The third kappa shape index (κ3) is 3.03.